The second-order valence-corrected chi connectivity index (χ2v) is 9.61. The first-order valence-corrected chi connectivity index (χ1v) is 12.9. The first-order chi connectivity index (χ1) is 18.3. The van der Waals surface area contributed by atoms with E-state index in [1.165, 1.54) is 12.1 Å². The van der Waals surface area contributed by atoms with Crippen LogP contribution in [0.2, 0.25) is 0 Å². The van der Waals surface area contributed by atoms with Crippen molar-refractivity contribution in [2.75, 3.05) is 36.5 Å². The fraction of sp³-hybridized carbons (Fsp3) is 0.276. The fourth-order valence-corrected chi connectivity index (χ4v) is 5.06. The Kier molecular flexibility index (Phi) is 5.59. The minimum absolute atomic E-state index is 0.303. The Morgan fingerprint density at radius 3 is 2.51 bits per heavy atom. The number of aromatic nitrogens is 4. The van der Waals surface area contributed by atoms with E-state index in [2.05, 4.69) is 57.2 Å². The van der Waals surface area contributed by atoms with Crippen LogP contribution in [0.3, 0.4) is 0 Å². The van der Waals surface area contributed by atoms with Crippen LogP contribution < -0.4 is 15.0 Å². The molecule has 8 heteroatoms. The van der Waals surface area contributed by atoms with Crippen molar-refractivity contribution in [3.63, 3.8) is 0 Å². The molecular formula is C29H28N6O2. The van der Waals surface area contributed by atoms with E-state index >= 15 is 0 Å². The molecule has 0 atom stereocenters. The Morgan fingerprint density at radius 1 is 0.892 bits per heavy atom. The highest BCUT2D eigenvalue weighted by Crippen LogP contribution is 2.36. The zero-order valence-electron chi connectivity index (χ0n) is 20.5. The number of hydrogen-bond acceptors (Lipinski definition) is 7. The van der Waals surface area contributed by atoms with Crippen molar-refractivity contribution in [3.05, 3.63) is 73.1 Å². The molecule has 7 rings (SSSR count). The predicted octanol–water partition coefficient (Wildman–Crippen LogP) is 6.08. The van der Waals surface area contributed by atoms with Crippen molar-refractivity contribution in [2.24, 2.45) is 0 Å². The van der Waals surface area contributed by atoms with Gasteiger partial charge in [-0.2, -0.15) is 9.97 Å². The standard InChI is InChI=1S/C29H28N6O2/c1-2-9-24-20(5-1)6-3-10-25(24)37-29-32-27(26-28(33-29)35(19-30-26)23-7-4-8-23)31-21-11-13-22(14-12-21)34-15-17-36-18-16-34/h1-3,5-6,9-14,19,23H,4,7-8,15-18H2,(H,31,32,33). The third kappa shape index (κ3) is 4.23. The maximum atomic E-state index is 6.31. The summed E-state index contributed by atoms with van der Waals surface area (Å²) in [6.07, 6.45) is 5.40. The van der Waals surface area contributed by atoms with Crippen LogP contribution in [0, 0.1) is 0 Å². The molecule has 0 amide bonds. The van der Waals surface area contributed by atoms with Gasteiger partial charge in [-0.15, -0.1) is 0 Å². The molecule has 1 aliphatic heterocycles. The molecule has 0 unspecified atom stereocenters. The second-order valence-electron chi connectivity index (χ2n) is 9.61. The van der Waals surface area contributed by atoms with Crippen LogP contribution in [0.15, 0.2) is 73.1 Å². The zero-order chi connectivity index (χ0) is 24.6. The second kappa shape index (κ2) is 9.37. The molecule has 0 bridgehead atoms. The van der Waals surface area contributed by atoms with Crippen molar-refractivity contribution in [3.8, 4) is 11.8 Å². The van der Waals surface area contributed by atoms with Crippen LogP contribution in [0.4, 0.5) is 17.2 Å². The van der Waals surface area contributed by atoms with Crippen molar-refractivity contribution >= 4 is 39.1 Å². The van der Waals surface area contributed by atoms with Gasteiger partial charge in [0.1, 0.15) is 5.75 Å². The molecule has 3 heterocycles. The third-order valence-corrected chi connectivity index (χ3v) is 7.33. The zero-order valence-corrected chi connectivity index (χ0v) is 20.5. The fourth-order valence-electron chi connectivity index (χ4n) is 5.06. The largest absolute Gasteiger partial charge is 0.424 e. The molecule has 3 aromatic carbocycles. The Bertz CT molecular complexity index is 1550. The lowest BCUT2D eigenvalue weighted by atomic mass is 9.93. The molecular weight excluding hydrogens is 464 g/mol. The van der Waals surface area contributed by atoms with Crippen LogP contribution in [0.25, 0.3) is 21.9 Å². The highest BCUT2D eigenvalue weighted by molar-refractivity contribution is 5.89. The van der Waals surface area contributed by atoms with Gasteiger partial charge in [-0.1, -0.05) is 36.4 Å². The van der Waals surface area contributed by atoms with Gasteiger partial charge in [-0.25, -0.2) is 4.98 Å². The summed E-state index contributed by atoms with van der Waals surface area (Å²) < 4.78 is 14.0. The Hall–Kier alpha value is -4.17. The number of fused-ring (bicyclic) bond motifs is 2. The number of imidazole rings is 1. The van der Waals surface area contributed by atoms with E-state index in [0.29, 0.717) is 17.9 Å². The summed E-state index contributed by atoms with van der Waals surface area (Å²) >= 11 is 0. The lowest BCUT2D eigenvalue weighted by molar-refractivity contribution is 0.122. The minimum atomic E-state index is 0.303. The van der Waals surface area contributed by atoms with Gasteiger partial charge in [0.2, 0.25) is 0 Å². The summed E-state index contributed by atoms with van der Waals surface area (Å²) in [4.78, 5) is 16.7. The molecule has 1 saturated carbocycles. The minimum Gasteiger partial charge on any atom is -0.424 e. The maximum Gasteiger partial charge on any atom is 0.326 e. The van der Waals surface area contributed by atoms with Gasteiger partial charge < -0.3 is 24.3 Å². The van der Waals surface area contributed by atoms with Crippen molar-refractivity contribution < 1.29 is 9.47 Å². The van der Waals surface area contributed by atoms with Crippen LogP contribution in [-0.4, -0.2) is 45.8 Å². The molecule has 1 saturated heterocycles. The summed E-state index contributed by atoms with van der Waals surface area (Å²) in [5.74, 6) is 1.37. The number of nitrogens with one attached hydrogen (secondary N) is 1. The average molecular weight is 493 g/mol. The van der Waals surface area contributed by atoms with Crippen LogP contribution >= 0.6 is 0 Å². The number of nitrogens with zero attached hydrogens (tertiary/aromatic N) is 5. The number of anilines is 3. The van der Waals surface area contributed by atoms with Crippen molar-refractivity contribution in [1.82, 2.24) is 19.5 Å². The van der Waals surface area contributed by atoms with Gasteiger partial charge in [0.15, 0.2) is 17.0 Å². The number of benzene rings is 3. The van der Waals surface area contributed by atoms with Crippen LogP contribution in [-0.2, 0) is 4.74 Å². The molecule has 37 heavy (non-hydrogen) atoms. The predicted molar refractivity (Wildman–Crippen MR) is 145 cm³/mol. The Balaban J connectivity index is 1.25. The molecule has 0 spiro atoms. The van der Waals surface area contributed by atoms with E-state index < -0.39 is 0 Å². The molecule has 2 aliphatic rings. The summed E-state index contributed by atoms with van der Waals surface area (Å²) in [6.45, 7) is 3.35. The topological polar surface area (TPSA) is 77.3 Å². The van der Waals surface area contributed by atoms with E-state index in [1.54, 1.807) is 0 Å². The summed E-state index contributed by atoms with van der Waals surface area (Å²) in [7, 11) is 0. The molecule has 2 aromatic heterocycles. The van der Waals surface area contributed by atoms with Gasteiger partial charge >= 0.3 is 6.01 Å². The molecule has 1 aliphatic carbocycles. The Labute approximate surface area is 214 Å². The lowest BCUT2D eigenvalue weighted by Gasteiger charge is -2.29. The van der Waals surface area contributed by atoms with E-state index in [0.717, 1.165) is 72.5 Å². The number of ether oxygens (including phenoxy) is 2. The number of rotatable bonds is 6. The van der Waals surface area contributed by atoms with Gasteiger partial charge in [0.05, 0.1) is 19.5 Å². The molecule has 2 fully saturated rings. The highest BCUT2D eigenvalue weighted by Gasteiger charge is 2.24. The van der Waals surface area contributed by atoms with Gasteiger partial charge in [0.25, 0.3) is 0 Å². The molecule has 5 aromatic rings. The van der Waals surface area contributed by atoms with E-state index in [4.69, 9.17) is 24.4 Å². The Morgan fingerprint density at radius 2 is 1.70 bits per heavy atom. The normalized spacial score (nSPS) is 16.2. The van der Waals surface area contributed by atoms with Crippen molar-refractivity contribution in [2.45, 2.75) is 25.3 Å². The van der Waals surface area contributed by atoms with Gasteiger partial charge in [0, 0.05) is 35.9 Å². The van der Waals surface area contributed by atoms with E-state index in [-0.39, 0.29) is 0 Å². The van der Waals surface area contributed by atoms with E-state index in [1.807, 2.05) is 30.6 Å². The molecule has 0 radical (unpaired) electrons. The summed E-state index contributed by atoms with van der Waals surface area (Å²) in [5, 5.41) is 5.61. The SMILES string of the molecule is c1ccc2c(Oc3nc(Nc4ccc(N5CCOCC5)cc4)c4ncn(C5CCC5)c4n3)cccc2c1. The first kappa shape index (κ1) is 22.1. The highest BCUT2D eigenvalue weighted by atomic mass is 16.5. The van der Waals surface area contributed by atoms with Crippen LogP contribution in [0.1, 0.15) is 25.3 Å². The third-order valence-electron chi connectivity index (χ3n) is 7.33. The van der Waals surface area contributed by atoms with Crippen LogP contribution in [0.5, 0.6) is 11.8 Å². The smallest absolute Gasteiger partial charge is 0.326 e. The quantitative estimate of drug-likeness (QED) is 0.308. The molecule has 1 N–H and O–H groups in total. The summed E-state index contributed by atoms with van der Waals surface area (Å²) in [6, 6.07) is 23.3. The lowest BCUT2D eigenvalue weighted by Crippen LogP contribution is -2.36. The maximum absolute atomic E-state index is 6.31. The molecule has 186 valence electrons. The average Bonchev–Trinajstić information content (AvgIpc) is 3.32. The molecule has 8 nitrogen and oxygen atoms in total. The summed E-state index contributed by atoms with van der Waals surface area (Å²) in [5.41, 5.74) is 3.67. The number of morpholine rings is 1. The van der Waals surface area contributed by atoms with Crippen molar-refractivity contribution in [1.29, 1.82) is 0 Å². The van der Waals surface area contributed by atoms with Gasteiger partial charge in [-0.3, -0.25) is 0 Å². The van der Waals surface area contributed by atoms with E-state index in [9.17, 15) is 0 Å². The number of hydrogen-bond donors (Lipinski definition) is 1. The monoisotopic (exact) mass is 492 g/mol. The first-order valence-electron chi connectivity index (χ1n) is 12.9. The van der Waals surface area contributed by atoms with Gasteiger partial charge in [-0.05, 0) is 55.0 Å².